The van der Waals surface area contributed by atoms with Crippen LogP contribution in [0.1, 0.15) is 19.3 Å². The summed E-state index contributed by atoms with van der Waals surface area (Å²) in [6, 6.07) is 7.26. The van der Waals surface area contributed by atoms with E-state index in [1.54, 1.807) is 12.1 Å². The SMILES string of the molecule is O=C(COc1cccc(Br)c1)NCC1CCCC1C(=O)O. The van der Waals surface area contributed by atoms with Crippen LogP contribution < -0.4 is 10.1 Å². The number of ether oxygens (including phenoxy) is 1. The van der Waals surface area contributed by atoms with Gasteiger partial charge in [-0.3, -0.25) is 9.59 Å². The highest BCUT2D eigenvalue weighted by Gasteiger charge is 2.32. The molecule has 0 saturated heterocycles. The molecular weight excluding hydrogens is 338 g/mol. The summed E-state index contributed by atoms with van der Waals surface area (Å²) in [6.07, 6.45) is 2.46. The highest BCUT2D eigenvalue weighted by molar-refractivity contribution is 9.10. The fourth-order valence-electron chi connectivity index (χ4n) is 2.61. The van der Waals surface area contributed by atoms with Crippen LogP contribution in [0.25, 0.3) is 0 Å². The van der Waals surface area contributed by atoms with Crippen molar-refractivity contribution in [3.05, 3.63) is 28.7 Å². The van der Waals surface area contributed by atoms with Crippen LogP contribution in [0.15, 0.2) is 28.7 Å². The Balaban J connectivity index is 1.74. The number of benzene rings is 1. The van der Waals surface area contributed by atoms with E-state index in [0.29, 0.717) is 18.7 Å². The molecule has 1 amide bonds. The van der Waals surface area contributed by atoms with Crippen LogP contribution in [0, 0.1) is 11.8 Å². The van der Waals surface area contributed by atoms with Crippen molar-refractivity contribution >= 4 is 27.8 Å². The molecule has 0 bridgehead atoms. The summed E-state index contributed by atoms with van der Waals surface area (Å²) < 4.78 is 6.26. The lowest BCUT2D eigenvalue weighted by Crippen LogP contribution is -2.35. The number of nitrogens with one attached hydrogen (secondary N) is 1. The maximum absolute atomic E-state index is 11.7. The summed E-state index contributed by atoms with van der Waals surface area (Å²) in [5.74, 6) is -0.694. The molecule has 0 radical (unpaired) electrons. The Hall–Kier alpha value is -1.56. The van der Waals surface area contributed by atoms with Gasteiger partial charge in [0.2, 0.25) is 0 Å². The quantitative estimate of drug-likeness (QED) is 0.821. The van der Waals surface area contributed by atoms with E-state index >= 15 is 0 Å². The average molecular weight is 356 g/mol. The van der Waals surface area contributed by atoms with E-state index in [1.165, 1.54) is 0 Å². The Morgan fingerprint density at radius 1 is 1.38 bits per heavy atom. The van der Waals surface area contributed by atoms with E-state index < -0.39 is 5.97 Å². The topological polar surface area (TPSA) is 75.6 Å². The van der Waals surface area contributed by atoms with Gasteiger partial charge in [0.1, 0.15) is 5.75 Å². The van der Waals surface area contributed by atoms with E-state index in [0.717, 1.165) is 17.3 Å². The molecule has 1 aliphatic rings. The normalized spacial score (nSPS) is 21.0. The van der Waals surface area contributed by atoms with Crippen LogP contribution in [-0.4, -0.2) is 30.1 Å². The third-order valence-electron chi connectivity index (χ3n) is 3.70. The number of carboxylic acid groups (broad SMARTS) is 1. The predicted molar refractivity (Wildman–Crippen MR) is 81.1 cm³/mol. The third kappa shape index (κ3) is 4.74. The van der Waals surface area contributed by atoms with Gasteiger partial charge in [-0.15, -0.1) is 0 Å². The zero-order valence-electron chi connectivity index (χ0n) is 11.5. The number of aliphatic carboxylic acids is 1. The summed E-state index contributed by atoms with van der Waals surface area (Å²) in [6.45, 7) is 0.332. The number of amides is 1. The number of hydrogen-bond acceptors (Lipinski definition) is 3. The summed E-state index contributed by atoms with van der Waals surface area (Å²) in [7, 11) is 0. The molecule has 114 valence electrons. The molecule has 2 unspecified atom stereocenters. The van der Waals surface area contributed by atoms with Crippen LogP contribution >= 0.6 is 15.9 Å². The van der Waals surface area contributed by atoms with E-state index in [9.17, 15) is 9.59 Å². The molecule has 0 aliphatic heterocycles. The maximum Gasteiger partial charge on any atom is 0.306 e. The van der Waals surface area contributed by atoms with Gasteiger partial charge in [0.25, 0.3) is 5.91 Å². The molecule has 1 aromatic rings. The molecular formula is C15H18BrNO4. The van der Waals surface area contributed by atoms with Crippen LogP contribution in [0.3, 0.4) is 0 Å². The fourth-order valence-corrected chi connectivity index (χ4v) is 2.99. The first-order valence-corrected chi connectivity index (χ1v) is 7.73. The van der Waals surface area contributed by atoms with Gasteiger partial charge in [0.05, 0.1) is 5.92 Å². The number of hydrogen-bond donors (Lipinski definition) is 2. The molecule has 0 heterocycles. The Labute approximate surface area is 131 Å². The molecule has 2 atom stereocenters. The van der Waals surface area contributed by atoms with Gasteiger partial charge in [0, 0.05) is 11.0 Å². The average Bonchev–Trinajstić information content (AvgIpc) is 2.91. The van der Waals surface area contributed by atoms with Crippen molar-refractivity contribution in [2.75, 3.05) is 13.2 Å². The number of carbonyl (C=O) groups excluding carboxylic acids is 1. The highest BCUT2D eigenvalue weighted by Crippen LogP contribution is 2.31. The Morgan fingerprint density at radius 3 is 2.90 bits per heavy atom. The number of carbonyl (C=O) groups is 2. The zero-order chi connectivity index (χ0) is 15.2. The minimum Gasteiger partial charge on any atom is -0.484 e. The Bertz CT molecular complexity index is 520. The molecule has 5 nitrogen and oxygen atoms in total. The van der Waals surface area contributed by atoms with E-state index in [-0.39, 0.29) is 24.3 Å². The molecule has 1 aromatic carbocycles. The van der Waals surface area contributed by atoms with Crippen molar-refractivity contribution < 1.29 is 19.4 Å². The summed E-state index contributed by atoms with van der Waals surface area (Å²) >= 11 is 3.33. The van der Waals surface area contributed by atoms with Crippen molar-refractivity contribution in [1.82, 2.24) is 5.32 Å². The summed E-state index contributed by atoms with van der Waals surface area (Å²) in [5, 5.41) is 11.8. The summed E-state index contributed by atoms with van der Waals surface area (Å²) in [4.78, 5) is 22.8. The third-order valence-corrected chi connectivity index (χ3v) is 4.20. The van der Waals surface area contributed by atoms with Crippen LogP contribution in [0.5, 0.6) is 5.75 Å². The second kappa shape index (κ2) is 7.45. The van der Waals surface area contributed by atoms with E-state index in [2.05, 4.69) is 21.2 Å². The highest BCUT2D eigenvalue weighted by atomic mass is 79.9. The molecule has 1 fully saturated rings. The van der Waals surface area contributed by atoms with Crippen molar-refractivity contribution in [2.45, 2.75) is 19.3 Å². The lowest BCUT2D eigenvalue weighted by Gasteiger charge is -2.16. The molecule has 2 N–H and O–H groups in total. The molecule has 6 heteroatoms. The number of halogens is 1. The molecule has 2 rings (SSSR count). The first-order chi connectivity index (χ1) is 10.1. The molecule has 21 heavy (non-hydrogen) atoms. The molecule has 0 spiro atoms. The van der Waals surface area contributed by atoms with Gasteiger partial charge >= 0.3 is 5.97 Å². The first kappa shape index (κ1) is 15.8. The predicted octanol–water partition coefficient (Wildman–Crippen LogP) is 2.44. The lowest BCUT2D eigenvalue weighted by atomic mass is 9.96. The van der Waals surface area contributed by atoms with Gasteiger partial charge < -0.3 is 15.2 Å². The largest absolute Gasteiger partial charge is 0.484 e. The maximum atomic E-state index is 11.7. The Kier molecular flexibility index (Phi) is 5.61. The molecule has 1 aliphatic carbocycles. The standard InChI is InChI=1S/C15H18BrNO4/c16-11-4-2-5-12(7-11)21-9-14(18)17-8-10-3-1-6-13(10)15(19)20/h2,4-5,7,10,13H,1,3,6,8-9H2,(H,17,18)(H,19,20). The monoisotopic (exact) mass is 355 g/mol. The van der Waals surface area contributed by atoms with Gasteiger partial charge in [-0.1, -0.05) is 28.4 Å². The minimum atomic E-state index is -0.767. The van der Waals surface area contributed by atoms with Crippen molar-refractivity contribution in [3.8, 4) is 5.75 Å². The zero-order valence-corrected chi connectivity index (χ0v) is 13.1. The Morgan fingerprint density at radius 2 is 2.19 bits per heavy atom. The van der Waals surface area contributed by atoms with Crippen molar-refractivity contribution in [2.24, 2.45) is 11.8 Å². The number of rotatable bonds is 6. The van der Waals surface area contributed by atoms with E-state index in [4.69, 9.17) is 9.84 Å². The van der Waals surface area contributed by atoms with Gasteiger partial charge in [-0.05, 0) is 37.0 Å². The van der Waals surface area contributed by atoms with E-state index in [1.807, 2.05) is 12.1 Å². The van der Waals surface area contributed by atoms with Crippen molar-refractivity contribution in [1.29, 1.82) is 0 Å². The minimum absolute atomic E-state index is 0.0253. The second-order valence-corrected chi connectivity index (χ2v) is 6.10. The lowest BCUT2D eigenvalue weighted by molar-refractivity contribution is -0.143. The number of carboxylic acids is 1. The fraction of sp³-hybridized carbons (Fsp3) is 0.467. The van der Waals surface area contributed by atoms with Gasteiger partial charge in [0.15, 0.2) is 6.61 Å². The molecule has 1 saturated carbocycles. The van der Waals surface area contributed by atoms with Gasteiger partial charge in [-0.2, -0.15) is 0 Å². The van der Waals surface area contributed by atoms with Crippen molar-refractivity contribution in [3.63, 3.8) is 0 Å². The van der Waals surface area contributed by atoms with Crippen LogP contribution in [0.2, 0.25) is 0 Å². The second-order valence-electron chi connectivity index (χ2n) is 5.19. The van der Waals surface area contributed by atoms with Crippen LogP contribution in [0.4, 0.5) is 0 Å². The summed E-state index contributed by atoms with van der Waals surface area (Å²) in [5.41, 5.74) is 0. The molecule has 0 aromatic heterocycles. The first-order valence-electron chi connectivity index (χ1n) is 6.94. The van der Waals surface area contributed by atoms with Gasteiger partial charge in [-0.25, -0.2) is 0 Å². The smallest absolute Gasteiger partial charge is 0.306 e. The van der Waals surface area contributed by atoms with Crippen LogP contribution in [-0.2, 0) is 9.59 Å².